The van der Waals surface area contributed by atoms with Gasteiger partial charge in [0.15, 0.2) is 5.69 Å². The number of aromatic nitrogens is 5. The van der Waals surface area contributed by atoms with Crippen LogP contribution in [0.25, 0.3) is 5.82 Å². The van der Waals surface area contributed by atoms with E-state index < -0.39 is 5.91 Å². The number of nitrogens with two attached hydrogens (primary N) is 1. The summed E-state index contributed by atoms with van der Waals surface area (Å²) in [6.45, 7) is 0.406. The highest BCUT2D eigenvalue weighted by atomic mass is 19.1. The highest BCUT2D eigenvalue weighted by Gasteiger charge is 2.25. The molecule has 1 amide bonds. The van der Waals surface area contributed by atoms with Gasteiger partial charge in [-0.15, -0.1) is 5.10 Å². The Hall–Kier alpha value is -3.67. The van der Waals surface area contributed by atoms with E-state index in [0.29, 0.717) is 17.8 Å². The number of amides is 1. The van der Waals surface area contributed by atoms with Gasteiger partial charge in [0.1, 0.15) is 18.1 Å². The molecule has 0 fully saturated rings. The Morgan fingerprint density at radius 3 is 2.74 bits per heavy atom. The Morgan fingerprint density at radius 2 is 2.11 bits per heavy atom. The third-order valence-corrected chi connectivity index (χ3v) is 3.45. The largest absolute Gasteiger partial charge is 0.378 e. The van der Waals surface area contributed by atoms with Crippen LogP contribution in [0.1, 0.15) is 21.7 Å². The van der Waals surface area contributed by atoms with Crippen LogP contribution in [0.3, 0.4) is 0 Å². The molecule has 0 bridgehead atoms. The molecule has 0 unspecified atom stereocenters. The highest BCUT2D eigenvalue weighted by molar-refractivity contribution is 5.94. The summed E-state index contributed by atoms with van der Waals surface area (Å²) in [6, 6.07) is 5.65. The van der Waals surface area contributed by atoms with Gasteiger partial charge in [0.25, 0.3) is 5.91 Å². The minimum absolute atomic E-state index is 0.0243. The number of anilines is 1. The lowest BCUT2D eigenvalue weighted by Gasteiger charge is -2.08. The average molecular weight is 374 g/mol. The molecule has 2 heterocycles. The van der Waals surface area contributed by atoms with E-state index in [9.17, 15) is 9.18 Å². The maximum atomic E-state index is 12.9. The maximum Gasteiger partial charge on any atom is 0.294 e. The van der Waals surface area contributed by atoms with Crippen LogP contribution in [0.5, 0.6) is 0 Å². The Balaban J connectivity index is 1.82. The molecule has 27 heavy (non-hydrogen) atoms. The van der Waals surface area contributed by atoms with Gasteiger partial charge >= 0.3 is 0 Å². The van der Waals surface area contributed by atoms with E-state index >= 15 is 0 Å². The van der Waals surface area contributed by atoms with Crippen LogP contribution in [0.4, 0.5) is 10.2 Å². The normalized spacial score (nSPS) is 11.4. The maximum absolute atomic E-state index is 12.9. The lowest BCUT2D eigenvalue weighted by Crippen LogP contribution is -3.04. The van der Waals surface area contributed by atoms with Crippen LogP contribution >= 0.6 is 0 Å². The fourth-order valence-corrected chi connectivity index (χ4v) is 2.25. The molecule has 12 heteroatoms. The summed E-state index contributed by atoms with van der Waals surface area (Å²) in [5.41, 5.74) is 9.22. The van der Waals surface area contributed by atoms with Crippen molar-refractivity contribution in [1.82, 2.24) is 30.7 Å². The molecule has 3 aromatic rings. The second kappa shape index (κ2) is 7.70. The van der Waals surface area contributed by atoms with Crippen molar-refractivity contribution >= 4 is 17.9 Å². The second-order valence-electron chi connectivity index (χ2n) is 5.90. The van der Waals surface area contributed by atoms with E-state index in [1.165, 1.54) is 35.2 Å². The van der Waals surface area contributed by atoms with Crippen LogP contribution in [0.2, 0.25) is 0 Å². The van der Waals surface area contributed by atoms with Crippen LogP contribution in [-0.2, 0) is 6.54 Å². The van der Waals surface area contributed by atoms with Gasteiger partial charge in [-0.05, 0) is 28.0 Å². The summed E-state index contributed by atoms with van der Waals surface area (Å²) in [6.07, 6.45) is 1.39. The molecule has 0 atom stereocenters. The van der Waals surface area contributed by atoms with Gasteiger partial charge in [0, 0.05) is 0 Å². The second-order valence-corrected chi connectivity index (χ2v) is 5.90. The summed E-state index contributed by atoms with van der Waals surface area (Å²) in [5, 5.41) is 18.9. The molecule has 140 valence electrons. The number of nitrogens with zero attached hydrogens (tertiary/aromatic N) is 6. The number of benzene rings is 1. The van der Waals surface area contributed by atoms with Gasteiger partial charge in [-0.25, -0.2) is 14.4 Å². The number of hydrogen-bond donors (Lipinski definition) is 3. The highest BCUT2D eigenvalue weighted by Crippen LogP contribution is 2.15. The summed E-state index contributed by atoms with van der Waals surface area (Å²) < 4.78 is 18.8. The molecule has 0 aliphatic heterocycles. The topological polar surface area (TPSA) is 142 Å². The van der Waals surface area contributed by atoms with Crippen molar-refractivity contribution in [3.05, 3.63) is 47.0 Å². The Labute approximate surface area is 152 Å². The van der Waals surface area contributed by atoms with E-state index in [-0.39, 0.29) is 23.1 Å². The summed E-state index contributed by atoms with van der Waals surface area (Å²) in [7, 11) is 3.80. The first-order valence-corrected chi connectivity index (χ1v) is 7.86. The number of nitrogen functional groups attached to an aromatic ring is 1. The first-order valence-electron chi connectivity index (χ1n) is 7.86. The van der Waals surface area contributed by atoms with Gasteiger partial charge in [-0.2, -0.15) is 9.78 Å². The van der Waals surface area contributed by atoms with Gasteiger partial charge < -0.3 is 10.6 Å². The number of carbonyl (C=O) groups excluding carboxylic acids is 1. The average Bonchev–Trinajstić information content (AvgIpc) is 3.22. The number of carbonyl (C=O) groups is 1. The fraction of sp³-hybridized carbons (Fsp3) is 0.200. The van der Waals surface area contributed by atoms with Crippen molar-refractivity contribution in [2.75, 3.05) is 19.8 Å². The molecular formula is C15H17FN9O2+. The van der Waals surface area contributed by atoms with Gasteiger partial charge in [0.2, 0.25) is 11.6 Å². The number of rotatable bonds is 6. The smallest absolute Gasteiger partial charge is 0.294 e. The van der Waals surface area contributed by atoms with Crippen molar-refractivity contribution < 1.29 is 18.7 Å². The minimum atomic E-state index is -0.564. The Morgan fingerprint density at radius 1 is 1.37 bits per heavy atom. The lowest BCUT2D eigenvalue weighted by atomic mass is 10.2. The van der Waals surface area contributed by atoms with Crippen LogP contribution in [0, 0.1) is 5.82 Å². The summed E-state index contributed by atoms with van der Waals surface area (Å²) in [5.74, 6) is -0.750. The molecule has 2 aromatic heterocycles. The van der Waals surface area contributed by atoms with E-state index in [1.54, 1.807) is 0 Å². The van der Waals surface area contributed by atoms with Crippen LogP contribution < -0.4 is 16.1 Å². The Bertz CT molecular complexity index is 962. The first kappa shape index (κ1) is 18.1. The quantitative estimate of drug-likeness (QED) is 0.363. The molecule has 0 radical (unpaired) electrons. The zero-order valence-electron chi connectivity index (χ0n) is 14.5. The molecule has 0 aliphatic rings. The van der Waals surface area contributed by atoms with Crippen molar-refractivity contribution in [3.63, 3.8) is 0 Å². The molecule has 0 saturated heterocycles. The van der Waals surface area contributed by atoms with Crippen molar-refractivity contribution in [1.29, 1.82) is 0 Å². The molecule has 1 aromatic carbocycles. The van der Waals surface area contributed by atoms with Crippen LogP contribution in [-0.4, -0.2) is 51.5 Å². The van der Waals surface area contributed by atoms with Crippen molar-refractivity contribution in [3.8, 4) is 5.82 Å². The number of halogens is 1. The van der Waals surface area contributed by atoms with E-state index in [4.69, 9.17) is 5.73 Å². The molecule has 4 N–H and O–H groups in total. The molecule has 0 aliphatic carbocycles. The summed E-state index contributed by atoms with van der Waals surface area (Å²) >= 11 is 0. The SMILES string of the molecule is C[NH+](C)Cc1c(C(=O)N/N=C\c2ccc(F)cc2)nnn1-c1nonc1N. The van der Waals surface area contributed by atoms with Gasteiger partial charge in [-0.1, -0.05) is 17.3 Å². The predicted octanol–water partition coefficient (Wildman–Crippen LogP) is -1.22. The first-order chi connectivity index (χ1) is 13.0. The lowest BCUT2D eigenvalue weighted by molar-refractivity contribution is -0.873. The number of hydrogen-bond acceptors (Lipinski definition) is 8. The predicted molar refractivity (Wildman–Crippen MR) is 91.6 cm³/mol. The zero-order valence-corrected chi connectivity index (χ0v) is 14.5. The Kier molecular flexibility index (Phi) is 5.17. The standard InChI is InChI=1S/C15H16FN9O2/c1-24(2)8-11-12(19-23-25(11)14-13(17)21-27-22-14)15(26)20-18-7-9-3-5-10(16)6-4-9/h3-7H,8H2,1-2H3,(H2,17,21)(H,20,26)/p+1/b18-7-. The van der Waals surface area contributed by atoms with Gasteiger partial charge in [-0.3, -0.25) is 4.79 Å². The number of nitrogens with one attached hydrogen (secondary N) is 2. The van der Waals surface area contributed by atoms with E-state index in [0.717, 1.165) is 4.90 Å². The number of quaternary nitrogens is 1. The van der Waals surface area contributed by atoms with E-state index in [2.05, 4.69) is 35.8 Å². The third-order valence-electron chi connectivity index (χ3n) is 3.45. The molecular weight excluding hydrogens is 357 g/mol. The molecule has 11 nitrogen and oxygen atoms in total. The zero-order chi connectivity index (χ0) is 19.4. The summed E-state index contributed by atoms with van der Waals surface area (Å²) in [4.78, 5) is 13.5. The monoisotopic (exact) mass is 374 g/mol. The molecule has 3 rings (SSSR count). The minimum Gasteiger partial charge on any atom is -0.378 e. The van der Waals surface area contributed by atoms with Crippen molar-refractivity contribution in [2.45, 2.75) is 6.54 Å². The fourth-order valence-electron chi connectivity index (χ4n) is 2.25. The van der Waals surface area contributed by atoms with E-state index in [1.807, 2.05) is 14.1 Å². The number of hydrazone groups is 1. The van der Waals surface area contributed by atoms with Crippen LogP contribution in [0.15, 0.2) is 34.0 Å². The molecule has 0 saturated carbocycles. The third kappa shape index (κ3) is 4.12. The van der Waals surface area contributed by atoms with Gasteiger partial charge in [0.05, 0.1) is 20.3 Å². The van der Waals surface area contributed by atoms with Crippen molar-refractivity contribution in [2.24, 2.45) is 5.10 Å². The molecule has 0 spiro atoms.